The standard InChI is InChI=1S/C17H12N2O4S2/c20-12-7-5-10(6-8-12)15(22)18-19-16(23)14(25-17(19)24)9-11-3-1-2-4-13(11)21/h1-9,20-21H,(H,18,22)/b14-9-. The molecule has 1 aliphatic rings. The van der Waals surface area contributed by atoms with Crippen LogP contribution in [0.1, 0.15) is 15.9 Å². The lowest BCUT2D eigenvalue weighted by atomic mass is 10.2. The molecule has 1 aliphatic heterocycles. The number of aromatic hydroxyl groups is 2. The number of thiocarbonyl (C=S) groups is 1. The highest BCUT2D eigenvalue weighted by atomic mass is 32.2. The second-order valence-electron chi connectivity index (χ2n) is 5.06. The van der Waals surface area contributed by atoms with Gasteiger partial charge < -0.3 is 10.2 Å². The van der Waals surface area contributed by atoms with Gasteiger partial charge in [-0.25, -0.2) is 0 Å². The first kappa shape index (κ1) is 17.0. The van der Waals surface area contributed by atoms with Crippen molar-refractivity contribution in [3.63, 3.8) is 0 Å². The summed E-state index contributed by atoms with van der Waals surface area (Å²) >= 11 is 6.17. The third-order valence-corrected chi connectivity index (χ3v) is 4.66. The van der Waals surface area contributed by atoms with Crippen molar-refractivity contribution in [3.05, 3.63) is 64.6 Å². The lowest BCUT2D eigenvalue weighted by molar-refractivity contribution is -0.123. The smallest absolute Gasteiger partial charge is 0.285 e. The number of hydrogen-bond acceptors (Lipinski definition) is 6. The molecule has 0 spiro atoms. The Morgan fingerprint density at radius 3 is 2.48 bits per heavy atom. The van der Waals surface area contributed by atoms with Gasteiger partial charge in [-0.2, -0.15) is 5.01 Å². The third-order valence-electron chi connectivity index (χ3n) is 3.36. The summed E-state index contributed by atoms with van der Waals surface area (Å²) in [5.74, 6) is -0.931. The zero-order chi connectivity index (χ0) is 18.0. The highest BCUT2D eigenvalue weighted by Crippen LogP contribution is 2.33. The van der Waals surface area contributed by atoms with Gasteiger partial charge in [-0.05, 0) is 48.6 Å². The van der Waals surface area contributed by atoms with Gasteiger partial charge in [0.2, 0.25) is 0 Å². The molecule has 1 heterocycles. The largest absolute Gasteiger partial charge is 0.508 e. The number of carbonyl (C=O) groups excluding carboxylic acids is 2. The molecule has 0 bridgehead atoms. The number of amides is 2. The van der Waals surface area contributed by atoms with Crippen LogP contribution in [0.3, 0.4) is 0 Å². The maximum atomic E-state index is 12.5. The van der Waals surface area contributed by atoms with E-state index in [0.717, 1.165) is 16.8 Å². The molecule has 0 unspecified atom stereocenters. The molecule has 0 aromatic heterocycles. The van der Waals surface area contributed by atoms with Crippen LogP contribution in [0.25, 0.3) is 6.08 Å². The summed E-state index contributed by atoms with van der Waals surface area (Å²) in [6, 6.07) is 12.2. The molecule has 2 amide bonds. The average molecular weight is 372 g/mol. The molecule has 0 saturated carbocycles. The second kappa shape index (κ2) is 6.96. The quantitative estimate of drug-likeness (QED) is 0.567. The Morgan fingerprint density at radius 1 is 1.12 bits per heavy atom. The van der Waals surface area contributed by atoms with Crippen LogP contribution >= 0.6 is 24.0 Å². The van der Waals surface area contributed by atoms with Crippen LogP contribution in [0.5, 0.6) is 11.5 Å². The van der Waals surface area contributed by atoms with Gasteiger partial charge in [-0.1, -0.05) is 30.0 Å². The van der Waals surface area contributed by atoms with Crippen molar-refractivity contribution < 1.29 is 19.8 Å². The van der Waals surface area contributed by atoms with Crippen LogP contribution in [0, 0.1) is 0 Å². The van der Waals surface area contributed by atoms with Crippen molar-refractivity contribution in [3.8, 4) is 11.5 Å². The number of nitrogens with zero attached hydrogens (tertiary/aromatic N) is 1. The Bertz CT molecular complexity index is 894. The molecule has 2 aromatic carbocycles. The monoisotopic (exact) mass is 372 g/mol. The maximum absolute atomic E-state index is 12.5. The minimum absolute atomic E-state index is 0.0350. The molecule has 2 aromatic rings. The molecule has 126 valence electrons. The zero-order valence-electron chi connectivity index (χ0n) is 12.7. The summed E-state index contributed by atoms with van der Waals surface area (Å²) in [6.45, 7) is 0. The SMILES string of the molecule is O=C(NN1C(=O)/C(=C/c2ccccc2O)SC1=S)c1ccc(O)cc1. The Labute approximate surface area is 152 Å². The van der Waals surface area contributed by atoms with E-state index in [9.17, 15) is 19.8 Å². The zero-order valence-corrected chi connectivity index (χ0v) is 14.3. The summed E-state index contributed by atoms with van der Waals surface area (Å²) < 4.78 is 0.179. The van der Waals surface area contributed by atoms with Crippen LogP contribution in [0.2, 0.25) is 0 Å². The maximum Gasteiger partial charge on any atom is 0.285 e. The minimum Gasteiger partial charge on any atom is -0.508 e. The van der Waals surface area contributed by atoms with Crippen molar-refractivity contribution in [2.24, 2.45) is 0 Å². The summed E-state index contributed by atoms with van der Waals surface area (Å²) in [4.78, 5) is 25.0. The van der Waals surface area contributed by atoms with Crippen LogP contribution < -0.4 is 5.43 Å². The van der Waals surface area contributed by atoms with Crippen molar-refractivity contribution in [2.75, 3.05) is 0 Å². The highest BCUT2D eigenvalue weighted by Gasteiger charge is 2.33. The molecule has 0 atom stereocenters. The third kappa shape index (κ3) is 3.65. The van der Waals surface area contributed by atoms with Gasteiger partial charge in [0.1, 0.15) is 11.5 Å². The molecular weight excluding hydrogens is 360 g/mol. The molecular formula is C17H12N2O4S2. The minimum atomic E-state index is -0.528. The Kier molecular flexibility index (Phi) is 4.73. The Balaban J connectivity index is 1.79. The molecule has 1 saturated heterocycles. The van der Waals surface area contributed by atoms with Crippen molar-refractivity contribution in [1.29, 1.82) is 0 Å². The van der Waals surface area contributed by atoms with E-state index in [1.165, 1.54) is 36.4 Å². The van der Waals surface area contributed by atoms with E-state index in [1.54, 1.807) is 18.2 Å². The van der Waals surface area contributed by atoms with Crippen LogP contribution in [0.15, 0.2) is 53.4 Å². The van der Waals surface area contributed by atoms with Crippen molar-refractivity contribution in [2.45, 2.75) is 0 Å². The fourth-order valence-corrected chi connectivity index (χ4v) is 3.26. The molecule has 3 N–H and O–H groups in total. The lowest BCUT2D eigenvalue weighted by Gasteiger charge is -2.15. The van der Waals surface area contributed by atoms with E-state index in [-0.39, 0.29) is 26.3 Å². The normalized spacial score (nSPS) is 15.7. The summed E-state index contributed by atoms with van der Waals surface area (Å²) in [5.41, 5.74) is 3.20. The summed E-state index contributed by atoms with van der Waals surface area (Å²) in [7, 11) is 0. The van der Waals surface area contributed by atoms with E-state index in [1.807, 2.05) is 0 Å². The van der Waals surface area contributed by atoms with Gasteiger partial charge in [-0.3, -0.25) is 15.0 Å². The van der Waals surface area contributed by atoms with E-state index < -0.39 is 11.8 Å². The van der Waals surface area contributed by atoms with E-state index in [4.69, 9.17) is 12.2 Å². The lowest BCUT2D eigenvalue weighted by Crippen LogP contribution is -2.44. The van der Waals surface area contributed by atoms with Crippen LogP contribution in [-0.2, 0) is 4.79 Å². The topological polar surface area (TPSA) is 89.9 Å². The second-order valence-corrected chi connectivity index (χ2v) is 6.74. The van der Waals surface area contributed by atoms with Gasteiger partial charge in [0.15, 0.2) is 4.32 Å². The van der Waals surface area contributed by atoms with Crippen molar-refractivity contribution in [1.82, 2.24) is 10.4 Å². The molecule has 0 radical (unpaired) electrons. The number of benzene rings is 2. The van der Waals surface area contributed by atoms with Crippen LogP contribution in [0.4, 0.5) is 0 Å². The number of rotatable bonds is 3. The fraction of sp³-hybridized carbons (Fsp3) is 0. The number of thioether (sulfide) groups is 1. The first-order chi connectivity index (χ1) is 12.0. The number of carbonyl (C=O) groups is 2. The molecule has 0 aliphatic carbocycles. The van der Waals surface area contributed by atoms with E-state index >= 15 is 0 Å². The van der Waals surface area contributed by atoms with Gasteiger partial charge in [0.05, 0.1) is 4.91 Å². The molecule has 8 heteroatoms. The van der Waals surface area contributed by atoms with E-state index in [2.05, 4.69) is 5.43 Å². The Morgan fingerprint density at radius 2 is 1.80 bits per heavy atom. The highest BCUT2D eigenvalue weighted by molar-refractivity contribution is 8.26. The Hall–Kier alpha value is -2.84. The predicted octanol–water partition coefficient (Wildman–Crippen LogP) is 2.64. The number of phenolic OH excluding ortho intramolecular Hbond substituents is 2. The van der Waals surface area contributed by atoms with Gasteiger partial charge in [0, 0.05) is 11.1 Å². The first-order valence-corrected chi connectivity index (χ1v) is 8.34. The predicted molar refractivity (Wildman–Crippen MR) is 98.7 cm³/mol. The summed E-state index contributed by atoms with van der Waals surface area (Å²) in [5, 5.41) is 20.0. The van der Waals surface area contributed by atoms with Gasteiger partial charge >= 0.3 is 0 Å². The van der Waals surface area contributed by atoms with E-state index in [0.29, 0.717) is 5.56 Å². The number of phenols is 2. The summed E-state index contributed by atoms with van der Waals surface area (Å²) in [6.07, 6.45) is 1.52. The fourth-order valence-electron chi connectivity index (χ4n) is 2.09. The first-order valence-electron chi connectivity index (χ1n) is 7.11. The molecule has 25 heavy (non-hydrogen) atoms. The van der Waals surface area contributed by atoms with Gasteiger partial charge in [-0.15, -0.1) is 0 Å². The molecule has 3 rings (SSSR count). The number of hydrogen-bond donors (Lipinski definition) is 3. The van der Waals surface area contributed by atoms with Gasteiger partial charge in [0.25, 0.3) is 11.8 Å². The van der Waals surface area contributed by atoms with Crippen molar-refractivity contribution >= 4 is 46.2 Å². The number of nitrogens with one attached hydrogen (secondary N) is 1. The number of para-hydroxylation sites is 1. The average Bonchev–Trinajstić information content (AvgIpc) is 2.85. The van der Waals surface area contributed by atoms with Crippen LogP contribution in [-0.4, -0.2) is 31.4 Å². The molecule has 1 fully saturated rings. The number of hydrazine groups is 1. The molecule has 6 nitrogen and oxygen atoms in total.